The van der Waals surface area contributed by atoms with Gasteiger partial charge in [0, 0.05) is 38.3 Å². The van der Waals surface area contributed by atoms with E-state index in [0.29, 0.717) is 36.7 Å². The summed E-state index contributed by atoms with van der Waals surface area (Å²) in [6.07, 6.45) is -11.5. The van der Waals surface area contributed by atoms with Gasteiger partial charge in [0.2, 0.25) is 0 Å². The van der Waals surface area contributed by atoms with E-state index in [1.165, 1.54) is 11.1 Å². The van der Waals surface area contributed by atoms with E-state index in [4.69, 9.17) is 18.9 Å². The summed E-state index contributed by atoms with van der Waals surface area (Å²) in [6, 6.07) is 6.41. The molecule has 4 rings (SSSR count). The number of hydrogen-bond acceptors (Lipinski definition) is 8. The lowest BCUT2D eigenvalue weighted by atomic mass is 9.55. The van der Waals surface area contributed by atoms with E-state index in [0.717, 1.165) is 101 Å². The second-order valence-electron chi connectivity index (χ2n) is 16.1. The van der Waals surface area contributed by atoms with Crippen LogP contribution in [0.15, 0.2) is 18.2 Å². The fourth-order valence-corrected chi connectivity index (χ4v) is 11.5. The van der Waals surface area contributed by atoms with Gasteiger partial charge in [-0.3, -0.25) is 0 Å². The van der Waals surface area contributed by atoms with Gasteiger partial charge >= 0.3 is 24.1 Å². The van der Waals surface area contributed by atoms with Crippen molar-refractivity contribution in [1.82, 2.24) is 4.90 Å². The molecule has 2 fully saturated rings. The summed E-state index contributed by atoms with van der Waals surface area (Å²) in [4.78, 5) is 2.39. The number of hydrogen-bond donors (Lipinski definition) is 0. The molecule has 3 aliphatic carbocycles. The second-order valence-corrected chi connectivity index (χ2v) is 18.8. The predicted octanol–water partition coefficient (Wildman–Crippen LogP) is 10.9. The Morgan fingerprint density at radius 1 is 0.789 bits per heavy atom. The molecule has 57 heavy (non-hydrogen) atoms. The molecule has 2 saturated carbocycles. The van der Waals surface area contributed by atoms with Crippen LogP contribution in [0, 0.1) is 23.2 Å². The Morgan fingerprint density at radius 2 is 1.44 bits per heavy atom. The van der Waals surface area contributed by atoms with Gasteiger partial charge in [-0.05, 0) is 137 Å². The van der Waals surface area contributed by atoms with Gasteiger partial charge in [0.05, 0.1) is 32.5 Å². The zero-order chi connectivity index (χ0) is 41.9. The third-order valence-electron chi connectivity index (χ3n) is 12.2. The normalized spacial score (nSPS) is 24.2. The summed E-state index contributed by atoms with van der Waals surface area (Å²) in [7, 11) is 9.44. The first-order chi connectivity index (χ1) is 26.9. The summed E-state index contributed by atoms with van der Waals surface area (Å²) < 4.78 is 145. The standard InChI is InChI=1S/C40H60F9NO5S2/c1-36-17-16-32-31-13-11-30(53-21-8-24-57-56-23-6-19-50(2)18-5-9-28(26-51-3)27-52-4)25-29(31)10-12-33(32)34(36)14-15-35(36)54-20-7-22-55-37(38(41,42)43,39(44,45)46)40(47,48)49/h11,13,25,28,32-35H,5-10,12,14-24,26-27H2,1-4H3. The van der Waals surface area contributed by atoms with Crippen LogP contribution in [0.4, 0.5) is 39.5 Å². The van der Waals surface area contributed by atoms with E-state index in [2.05, 4.69) is 41.8 Å². The van der Waals surface area contributed by atoms with Crippen LogP contribution in [-0.2, 0) is 25.4 Å². The molecule has 0 aliphatic heterocycles. The highest BCUT2D eigenvalue weighted by atomic mass is 33.1. The Hall–Kier alpha value is -1.11. The molecule has 0 amide bonds. The average Bonchev–Trinajstić information content (AvgIpc) is 3.46. The summed E-state index contributed by atoms with van der Waals surface area (Å²) >= 11 is 0. The van der Waals surface area contributed by atoms with Gasteiger partial charge in [-0.15, -0.1) is 0 Å². The van der Waals surface area contributed by atoms with Crippen LogP contribution in [0.3, 0.4) is 0 Å². The molecule has 330 valence electrons. The Bertz CT molecular complexity index is 1310. The topological polar surface area (TPSA) is 49.4 Å². The number of ether oxygens (including phenoxy) is 5. The van der Waals surface area contributed by atoms with E-state index >= 15 is 0 Å². The maximum absolute atomic E-state index is 13.2. The lowest BCUT2D eigenvalue weighted by Crippen LogP contribution is -2.67. The van der Waals surface area contributed by atoms with Gasteiger partial charge in [0.15, 0.2) is 0 Å². The number of nitrogens with zero attached hydrogens (tertiary/aromatic N) is 1. The quantitative estimate of drug-likeness (QED) is 0.0579. The number of benzene rings is 1. The van der Waals surface area contributed by atoms with E-state index in [1.807, 2.05) is 21.6 Å². The first kappa shape index (κ1) is 48.6. The molecular formula is C40H60F9NO5S2. The van der Waals surface area contributed by atoms with Crippen molar-refractivity contribution in [3.05, 3.63) is 29.3 Å². The number of rotatable bonds is 24. The number of halogens is 9. The predicted molar refractivity (Wildman–Crippen MR) is 206 cm³/mol. The van der Waals surface area contributed by atoms with Gasteiger partial charge in [-0.1, -0.05) is 34.6 Å². The fourth-order valence-electron chi connectivity index (χ4n) is 9.38. The average molecular weight is 870 g/mol. The Labute approximate surface area is 339 Å². The van der Waals surface area contributed by atoms with E-state index in [9.17, 15) is 39.5 Å². The number of methoxy groups -OCH3 is 2. The Balaban J connectivity index is 1.14. The second kappa shape index (κ2) is 21.6. The highest BCUT2D eigenvalue weighted by Crippen LogP contribution is 2.62. The van der Waals surface area contributed by atoms with E-state index < -0.39 is 37.2 Å². The Kier molecular flexibility index (Phi) is 18.4. The van der Waals surface area contributed by atoms with Crippen LogP contribution < -0.4 is 4.74 Å². The summed E-state index contributed by atoms with van der Waals surface area (Å²) in [6.45, 7) is 4.68. The van der Waals surface area contributed by atoms with Crippen LogP contribution in [0.25, 0.3) is 0 Å². The van der Waals surface area contributed by atoms with Crippen molar-refractivity contribution >= 4 is 21.6 Å². The minimum Gasteiger partial charge on any atom is -0.494 e. The third kappa shape index (κ3) is 12.3. The molecule has 0 radical (unpaired) electrons. The van der Waals surface area contributed by atoms with Gasteiger partial charge in [-0.2, -0.15) is 39.5 Å². The number of aryl methyl sites for hydroxylation is 1. The van der Waals surface area contributed by atoms with Crippen molar-refractivity contribution in [2.75, 3.05) is 78.9 Å². The molecule has 17 heteroatoms. The van der Waals surface area contributed by atoms with Crippen LogP contribution >= 0.6 is 21.6 Å². The van der Waals surface area contributed by atoms with Crippen molar-refractivity contribution in [3.63, 3.8) is 0 Å². The lowest BCUT2D eigenvalue weighted by molar-refractivity contribution is -0.457. The minimum atomic E-state index is -6.74. The summed E-state index contributed by atoms with van der Waals surface area (Å²) in [5.74, 6) is 4.54. The molecule has 3 aliphatic rings. The van der Waals surface area contributed by atoms with Crippen molar-refractivity contribution in [3.8, 4) is 5.75 Å². The molecule has 0 saturated heterocycles. The zero-order valence-electron chi connectivity index (χ0n) is 33.5. The van der Waals surface area contributed by atoms with Gasteiger partial charge < -0.3 is 28.6 Å². The van der Waals surface area contributed by atoms with Crippen LogP contribution in [0.5, 0.6) is 5.75 Å². The first-order valence-electron chi connectivity index (χ1n) is 20.0. The molecule has 5 unspecified atom stereocenters. The molecule has 0 N–H and O–H groups in total. The van der Waals surface area contributed by atoms with Crippen LogP contribution in [0.1, 0.15) is 88.2 Å². The molecule has 5 atom stereocenters. The highest BCUT2D eigenvalue weighted by Gasteiger charge is 2.85. The molecule has 1 aromatic carbocycles. The van der Waals surface area contributed by atoms with Crippen molar-refractivity contribution in [2.45, 2.75) is 114 Å². The van der Waals surface area contributed by atoms with E-state index in [1.54, 1.807) is 14.2 Å². The SMILES string of the molecule is COCC(CCCN(C)CCCSSCCCOc1ccc2c(c1)CCC1C2CCC2(C)C(OCCCOC(C(F)(F)F)(C(F)(F)F)C(F)(F)F)CCC12)COC. The molecule has 0 heterocycles. The molecule has 0 spiro atoms. The van der Waals surface area contributed by atoms with Crippen LogP contribution in [0.2, 0.25) is 0 Å². The monoisotopic (exact) mass is 869 g/mol. The lowest BCUT2D eigenvalue weighted by Gasteiger charge is -2.50. The van der Waals surface area contributed by atoms with Crippen molar-refractivity contribution in [1.29, 1.82) is 0 Å². The first-order valence-corrected chi connectivity index (χ1v) is 22.5. The van der Waals surface area contributed by atoms with Gasteiger partial charge in [-0.25, -0.2) is 0 Å². The van der Waals surface area contributed by atoms with Crippen LogP contribution in [-0.4, -0.2) is 114 Å². The molecule has 0 bridgehead atoms. The fraction of sp³-hybridized carbons (Fsp3) is 0.850. The van der Waals surface area contributed by atoms with Gasteiger partial charge in [0.25, 0.3) is 0 Å². The molecule has 1 aromatic rings. The van der Waals surface area contributed by atoms with E-state index in [-0.39, 0.29) is 18.1 Å². The maximum atomic E-state index is 13.2. The summed E-state index contributed by atoms with van der Waals surface area (Å²) in [5, 5.41) is 0. The minimum absolute atomic E-state index is 0.248. The maximum Gasteiger partial charge on any atom is 0.435 e. The smallest absolute Gasteiger partial charge is 0.435 e. The highest BCUT2D eigenvalue weighted by molar-refractivity contribution is 8.76. The third-order valence-corrected chi connectivity index (χ3v) is 14.8. The summed E-state index contributed by atoms with van der Waals surface area (Å²) in [5.41, 5.74) is -3.86. The number of fused-ring (bicyclic) bond motifs is 5. The Morgan fingerprint density at radius 3 is 2.09 bits per heavy atom. The number of alkyl halides is 9. The van der Waals surface area contributed by atoms with Crippen molar-refractivity contribution in [2.24, 2.45) is 23.2 Å². The van der Waals surface area contributed by atoms with Gasteiger partial charge in [0.1, 0.15) is 5.75 Å². The molecule has 0 aromatic heterocycles. The van der Waals surface area contributed by atoms with Crippen molar-refractivity contribution < 1.29 is 63.2 Å². The zero-order valence-corrected chi connectivity index (χ0v) is 35.1. The molecule has 6 nitrogen and oxygen atoms in total. The molecular weight excluding hydrogens is 810 g/mol. The largest absolute Gasteiger partial charge is 0.494 e.